The van der Waals surface area contributed by atoms with E-state index >= 15 is 0 Å². The number of carbonyl (C=O) groups is 1. The highest BCUT2D eigenvalue weighted by molar-refractivity contribution is 5.76. The fourth-order valence-electron chi connectivity index (χ4n) is 2.09. The maximum Gasteiger partial charge on any atom is 0.423 e. The molecule has 0 aliphatic carbocycles. The number of carbonyl (C=O) groups excluding carboxylic acids is 1. The van der Waals surface area contributed by atoms with Gasteiger partial charge in [-0.1, -0.05) is 6.92 Å². The highest BCUT2D eigenvalue weighted by Gasteiger charge is 2.38. The minimum absolute atomic E-state index is 0.115. The third-order valence-electron chi connectivity index (χ3n) is 3.28. The van der Waals surface area contributed by atoms with E-state index in [-0.39, 0.29) is 11.6 Å². The summed E-state index contributed by atoms with van der Waals surface area (Å²) in [6, 6.07) is 3.11. The Morgan fingerprint density at radius 2 is 2.08 bits per heavy atom. The van der Waals surface area contributed by atoms with Crippen molar-refractivity contribution in [3.8, 4) is 11.6 Å². The zero-order valence-electron chi connectivity index (χ0n) is 13.8. The molecule has 0 spiro atoms. The van der Waals surface area contributed by atoms with Gasteiger partial charge in [-0.2, -0.15) is 17.9 Å². The Labute approximate surface area is 145 Å². The number of hydrogen-bond acceptors (Lipinski definition) is 5. The molecular formula is C15H15F3N4O4. The van der Waals surface area contributed by atoms with Crippen LogP contribution in [0.2, 0.25) is 0 Å². The monoisotopic (exact) mass is 372 g/mol. The summed E-state index contributed by atoms with van der Waals surface area (Å²) in [6.45, 7) is 3.88. The van der Waals surface area contributed by atoms with Crippen molar-refractivity contribution in [3.63, 3.8) is 0 Å². The molecule has 1 aromatic heterocycles. The van der Waals surface area contributed by atoms with Gasteiger partial charge >= 0.3 is 12.2 Å². The van der Waals surface area contributed by atoms with Crippen molar-refractivity contribution >= 4 is 11.7 Å². The molecule has 0 bridgehead atoms. The summed E-state index contributed by atoms with van der Waals surface area (Å²) in [5, 5.41) is 17.2. The summed E-state index contributed by atoms with van der Waals surface area (Å²) >= 11 is 0. The molecule has 0 fully saturated rings. The van der Waals surface area contributed by atoms with Crippen molar-refractivity contribution in [2.75, 3.05) is 6.54 Å². The second kappa shape index (κ2) is 7.42. The van der Waals surface area contributed by atoms with Gasteiger partial charge in [-0.25, -0.2) is 4.79 Å². The minimum atomic E-state index is -4.92. The lowest BCUT2D eigenvalue weighted by Gasteiger charge is -2.09. The fraction of sp³-hybridized carbons (Fsp3) is 0.333. The molecule has 0 unspecified atom stereocenters. The van der Waals surface area contributed by atoms with Crippen LogP contribution in [-0.2, 0) is 6.18 Å². The van der Waals surface area contributed by atoms with E-state index in [1.807, 2.05) is 6.92 Å². The number of alkyl halides is 3. The molecule has 140 valence electrons. The van der Waals surface area contributed by atoms with Crippen molar-refractivity contribution < 1.29 is 27.6 Å². The molecular weight excluding hydrogens is 357 g/mol. The molecule has 0 aliphatic rings. The molecule has 0 aliphatic heterocycles. The molecule has 2 aromatic rings. The van der Waals surface area contributed by atoms with Crippen LogP contribution >= 0.6 is 0 Å². The summed E-state index contributed by atoms with van der Waals surface area (Å²) in [6.07, 6.45) is -4.20. The molecule has 1 N–H and O–H groups in total. The van der Waals surface area contributed by atoms with E-state index in [1.165, 1.54) is 6.07 Å². The summed E-state index contributed by atoms with van der Waals surface area (Å²) in [5.41, 5.74) is -2.10. The fourth-order valence-corrected chi connectivity index (χ4v) is 2.09. The van der Waals surface area contributed by atoms with Gasteiger partial charge in [-0.15, -0.1) is 5.10 Å². The standard InChI is InChI=1S/C15H15F3N4O4/c1-3-6-19-14(23)21-9(2)7-13(20-21)26-10-4-5-12(22(24)25)11(8-10)15(16,17)18/h4-5,7-8H,3,6H2,1-2H3,(H,19,23). The van der Waals surface area contributed by atoms with E-state index in [4.69, 9.17) is 4.74 Å². The van der Waals surface area contributed by atoms with Crippen LogP contribution in [0, 0.1) is 17.0 Å². The average molecular weight is 372 g/mol. The van der Waals surface area contributed by atoms with Gasteiger partial charge in [-0.3, -0.25) is 10.1 Å². The molecule has 8 nitrogen and oxygen atoms in total. The molecule has 0 saturated heterocycles. The van der Waals surface area contributed by atoms with Gasteiger partial charge in [0.15, 0.2) is 0 Å². The maximum absolute atomic E-state index is 13.0. The van der Waals surface area contributed by atoms with Crippen molar-refractivity contribution in [3.05, 3.63) is 45.6 Å². The number of halogens is 3. The number of nitro benzene ring substituents is 1. The molecule has 0 atom stereocenters. The van der Waals surface area contributed by atoms with Crippen LogP contribution in [0.1, 0.15) is 24.6 Å². The van der Waals surface area contributed by atoms with E-state index in [0.29, 0.717) is 24.4 Å². The molecule has 1 heterocycles. The van der Waals surface area contributed by atoms with E-state index in [0.717, 1.165) is 17.2 Å². The van der Waals surface area contributed by atoms with Crippen molar-refractivity contribution in [2.45, 2.75) is 26.4 Å². The number of amides is 1. The van der Waals surface area contributed by atoms with Crippen LogP contribution in [0.25, 0.3) is 0 Å². The van der Waals surface area contributed by atoms with Gasteiger partial charge in [0.05, 0.1) is 10.6 Å². The van der Waals surface area contributed by atoms with Crippen LogP contribution in [0.5, 0.6) is 11.6 Å². The quantitative estimate of drug-likeness (QED) is 0.634. The Hall–Kier alpha value is -3.11. The Balaban J connectivity index is 2.29. The molecule has 11 heteroatoms. The molecule has 0 radical (unpaired) electrons. The minimum Gasteiger partial charge on any atom is -0.437 e. The van der Waals surface area contributed by atoms with Crippen LogP contribution in [0.4, 0.5) is 23.7 Å². The number of rotatable bonds is 5. The van der Waals surface area contributed by atoms with Crippen LogP contribution in [0.15, 0.2) is 24.3 Å². The van der Waals surface area contributed by atoms with Crippen LogP contribution in [0.3, 0.4) is 0 Å². The largest absolute Gasteiger partial charge is 0.437 e. The molecule has 2 rings (SSSR count). The Bertz CT molecular complexity index is 833. The van der Waals surface area contributed by atoms with Gasteiger partial charge in [0.2, 0.25) is 5.88 Å². The number of ether oxygens (including phenoxy) is 1. The highest BCUT2D eigenvalue weighted by atomic mass is 19.4. The molecule has 1 aromatic carbocycles. The van der Waals surface area contributed by atoms with Crippen LogP contribution < -0.4 is 10.1 Å². The van der Waals surface area contributed by atoms with Gasteiger partial charge in [-0.05, 0) is 19.4 Å². The zero-order chi connectivity index (χ0) is 19.5. The van der Waals surface area contributed by atoms with Crippen LogP contribution in [-0.4, -0.2) is 27.3 Å². The number of aryl methyl sites for hydroxylation is 1. The third kappa shape index (κ3) is 4.29. The molecule has 0 saturated carbocycles. The number of nitro groups is 1. The number of benzene rings is 1. The summed E-state index contributed by atoms with van der Waals surface area (Å²) in [7, 11) is 0. The first-order chi connectivity index (χ1) is 12.1. The first-order valence-electron chi connectivity index (χ1n) is 7.51. The van der Waals surface area contributed by atoms with E-state index in [9.17, 15) is 28.1 Å². The maximum atomic E-state index is 13.0. The first kappa shape index (κ1) is 19.2. The number of hydrogen-bond donors (Lipinski definition) is 1. The van der Waals surface area contributed by atoms with E-state index < -0.39 is 28.4 Å². The Morgan fingerprint density at radius 1 is 1.38 bits per heavy atom. The van der Waals surface area contributed by atoms with Crippen molar-refractivity contribution in [2.24, 2.45) is 0 Å². The van der Waals surface area contributed by atoms with Crippen molar-refractivity contribution in [1.82, 2.24) is 15.1 Å². The summed E-state index contributed by atoms with van der Waals surface area (Å²) in [4.78, 5) is 21.5. The van der Waals surface area contributed by atoms with E-state index in [1.54, 1.807) is 6.92 Å². The lowest BCUT2D eigenvalue weighted by molar-refractivity contribution is -0.388. The lowest BCUT2D eigenvalue weighted by Crippen LogP contribution is -2.30. The third-order valence-corrected chi connectivity index (χ3v) is 3.28. The van der Waals surface area contributed by atoms with Gasteiger partial charge in [0.1, 0.15) is 11.3 Å². The first-order valence-corrected chi connectivity index (χ1v) is 7.51. The SMILES string of the molecule is CCCNC(=O)n1nc(Oc2ccc([N+](=O)[O-])c(C(F)(F)F)c2)cc1C. The predicted octanol–water partition coefficient (Wildman–Crippen LogP) is 3.88. The molecule has 1 amide bonds. The Kier molecular flexibility index (Phi) is 5.48. The molecule has 26 heavy (non-hydrogen) atoms. The highest BCUT2D eigenvalue weighted by Crippen LogP contribution is 2.38. The lowest BCUT2D eigenvalue weighted by atomic mass is 10.1. The second-order valence-electron chi connectivity index (χ2n) is 5.30. The summed E-state index contributed by atoms with van der Waals surface area (Å²) in [5.74, 6) is -0.405. The zero-order valence-corrected chi connectivity index (χ0v) is 13.8. The Morgan fingerprint density at radius 3 is 2.65 bits per heavy atom. The summed E-state index contributed by atoms with van der Waals surface area (Å²) < 4.78 is 45.2. The smallest absolute Gasteiger partial charge is 0.423 e. The predicted molar refractivity (Wildman–Crippen MR) is 84.2 cm³/mol. The topological polar surface area (TPSA) is 99.3 Å². The van der Waals surface area contributed by atoms with Gasteiger partial charge in [0, 0.05) is 24.7 Å². The average Bonchev–Trinajstić information content (AvgIpc) is 2.92. The number of nitrogens with one attached hydrogen (secondary N) is 1. The number of nitrogens with zero attached hydrogens (tertiary/aromatic N) is 3. The normalized spacial score (nSPS) is 11.3. The van der Waals surface area contributed by atoms with Gasteiger partial charge in [0.25, 0.3) is 5.69 Å². The second-order valence-corrected chi connectivity index (χ2v) is 5.30. The van der Waals surface area contributed by atoms with Crippen molar-refractivity contribution in [1.29, 1.82) is 0 Å². The number of aromatic nitrogens is 2. The van der Waals surface area contributed by atoms with Gasteiger partial charge < -0.3 is 10.1 Å². The van der Waals surface area contributed by atoms with E-state index in [2.05, 4.69) is 10.4 Å².